The van der Waals surface area contributed by atoms with Crippen LogP contribution in [0.4, 0.5) is 0 Å². The third kappa shape index (κ3) is 6.03. The highest BCUT2D eigenvalue weighted by atomic mass is 16.5. The first-order chi connectivity index (χ1) is 19.1. The van der Waals surface area contributed by atoms with Gasteiger partial charge in [0.05, 0.1) is 33.0 Å². The second-order valence-corrected chi connectivity index (χ2v) is 10.0. The van der Waals surface area contributed by atoms with Crippen LogP contribution in [0.5, 0.6) is 17.2 Å². The van der Waals surface area contributed by atoms with E-state index in [2.05, 4.69) is 45.8 Å². The Bertz CT molecular complexity index is 1240. The minimum absolute atomic E-state index is 0.0200. The summed E-state index contributed by atoms with van der Waals surface area (Å²) in [6, 6.07) is 24.4. The van der Waals surface area contributed by atoms with Gasteiger partial charge < -0.3 is 19.5 Å². The van der Waals surface area contributed by atoms with Crippen LogP contribution < -0.4 is 35.7 Å². The number of ether oxygens (including phenoxy) is 3. The molecule has 8 nitrogen and oxygen atoms in total. The monoisotopic (exact) mass is 530 g/mol. The number of hydrogen-bond acceptors (Lipinski definition) is 7. The molecule has 39 heavy (non-hydrogen) atoms. The molecule has 2 saturated heterocycles. The number of nitrogens with one attached hydrogen (secondary N) is 4. The Balaban J connectivity index is 1.32. The fourth-order valence-corrected chi connectivity index (χ4v) is 5.82. The summed E-state index contributed by atoms with van der Waals surface area (Å²) < 4.78 is 16.4. The van der Waals surface area contributed by atoms with Gasteiger partial charge in [0.2, 0.25) is 5.91 Å². The number of amides is 1. The first-order valence-electron chi connectivity index (χ1n) is 13.6. The smallest absolute Gasteiger partial charge is 0.223 e. The van der Waals surface area contributed by atoms with Gasteiger partial charge in [-0.2, -0.15) is 0 Å². The molecule has 0 spiro atoms. The molecule has 5 atom stereocenters. The molecule has 0 aliphatic carbocycles. The Morgan fingerprint density at radius 1 is 0.923 bits per heavy atom. The van der Waals surface area contributed by atoms with Crippen LogP contribution in [0.15, 0.2) is 72.8 Å². The largest absolute Gasteiger partial charge is 0.494 e. The van der Waals surface area contributed by atoms with Gasteiger partial charge in [0, 0.05) is 24.4 Å². The van der Waals surface area contributed by atoms with Crippen molar-refractivity contribution in [1.82, 2.24) is 21.5 Å². The zero-order valence-corrected chi connectivity index (χ0v) is 22.8. The molecule has 206 valence electrons. The molecule has 5 rings (SSSR count). The number of piperidine rings is 1. The molecule has 4 N–H and O–H groups in total. The van der Waals surface area contributed by atoms with Gasteiger partial charge >= 0.3 is 0 Å². The van der Waals surface area contributed by atoms with Crippen molar-refractivity contribution in [2.75, 3.05) is 27.4 Å². The molecule has 5 unspecified atom stereocenters. The van der Waals surface area contributed by atoms with Crippen molar-refractivity contribution in [3.63, 3.8) is 0 Å². The highest BCUT2D eigenvalue weighted by Crippen LogP contribution is 2.42. The van der Waals surface area contributed by atoms with Gasteiger partial charge in [-0.25, -0.2) is 10.9 Å². The van der Waals surface area contributed by atoms with Crippen LogP contribution in [0.3, 0.4) is 0 Å². The number of carbonyl (C=O) groups is 1. The van der Waals surface area contributed by atoms with Crippen LogP contribution in [-0.4, -0.2) is 39.4 Å². The van der Waals surface area contributed by atoms with E-state index in [1.807, 2.05) is 55.5 Å². The van der Waals surface area contributed by atoms with E-state index in [9.17, 15) is 4.79 Å². The molecule has 0 bridgehead atoms. The Labute approximate surface area is 230 Å². The molecule has 1 amide bonds. The standard InChI is InChI=1S/C31H38N4O4/c1-4-39-23-13-11-21(12-14-23)25-19-24(28-29(34-35-30(28)33-25)22-8-6-5-7-9-22)31(36)32-17-16-20-10-15-26(37-2)27(18-20)38-3/h5-15,18,24-25,28-30,33-35H,4,16-17,19H2,1-3H3,(H,32,36). The average Bonchev–Trinajstić information content (AvgIpc) is 3.41. The van der Waals surface area contributed by atoms with Crippen molar-refractivity contribution in [2.45, 2.75) is 38.0 Å². The third-order valence-corrected chi connectivity index (χ3v) is 7.75. The molecular weight excluding hydrogens is 492 g/mol. The molecule has 0 saturated carbocycles. The van der Waals surface area contributed by atoms with E-state index in [1.165, 1.54) is 5.56 Å². The maximum Gasteiger partial charge on any atom is 0.223 e. The first-order valence-corrected chi connectivity index (χ1v) is 13.6. The predicted octanol–water partition coefficient (Wildman–Crippen LogP) is 3.90. The van der Waals surface area contributed by atoms with Crippen LogP contribution in [0, 0.1) is 11.8 Å². The summed E-state index contributed by atoms with van der Waals surface area (Å²) in [4.78, 5) is 13.8. The maximum atomic E-state index is 13.8. The fourth-order valence-electron chi connectivity index (χ4n) is 5.82. The van der Waals surface area contributed by atoms with Gasteiger partial charge in [-0.15, -0.1) is 0 Å². The average molecular weight is 531 g/mol. The van der Waals surface area contributed by atoms with Gasteiger partial charge in [0.1, 0.15) is 5.75 Å². The summed E-state index contributed by atoms with van der Waals surface area (Å²) >= 11 is 0. The van der Waals surface area contributed by atoms with E-state index in [0.29, 0.717) is 37.5 Å². The number of fused-ring (bicyclic) bond motifs is 1. The highest BCUT2D eigenvalue weighted by Gasteiger charge is 2.49. The van der Waals surface area contributed by atoms with Crippen LogP contribution >= 0.6 is 0 Å². The minimum Gasteiger partial charge on any atom is -0.494 e. The number of hydrogen-bond donors (Lipinski definition) is 4. The number of hydrazine groups is 1. The molecule has 2 aliphatic rings. The molecule has 3 aromatic carbocycles. The topological polar surface area (TPSA) is 92.9 Å². The number of benzene rings is 3. The summed E-state index contributed by atoms with van der Waals surface area (Å²) in [7, 11) is 3.25. The summed E-state index contributed by atoms with van der Waals surface area (Å²) in [5.41, 5.74) is 10.3. The molecule has 8 heteroatoms. The lowest BCUT2D eigenvalue weighted by Crippen LogP contribution is -2.54. The maximum absolute atomic E-state index is 13.8. The second-order valence-electron chi connectivity index (χ2n) is 10.0. The van der Waals surface area contributed by atoms with Crippen LogP contribution in [-0.2, 0) is 11.2 Å². The minimum atomic E-state index is -0.189. The Kier molecular flexibility index (Phi) is 8.66. The quantitative estimate of drug-likeness (QED) is 0.316. The number of carbonyl (C=O) groups excluding carboxylic acids is 1. The zero-order chi connectivity index (χ0) is 27.2. The molecule has 2 heterocycles. The second kappa shape index (κ2) is 12.5. The van der Waals surface area contributed by atoms with E-state index < -0.39 is 0 Å². The Hall–Kier alpha value is -3.59. The zero-order valence-electron chi connectivity index (χ0n) is 22.8. The third-order valence-electron chi connectivity index (χ3n) is 7.75. The lowest BCUT2D eigenvalue weighted by Gasteiger charge is -2.40. The van der Waals surface area contributed by atoms with Crippen molar-refractivity contribution < 1.29 is 19.0 Å². The molecule has 3 aromatic rings. The fraction of sp³-hybridized carbons (Fsp3) is 0.387. The number of methoxy groups -OCH3 is 2. The Morgan fingerprint density at radius 2 is 1.69 bits per heavy atom. The molecular formula is C31H38N4O4. The molecule has 2 aliphatic heterocycles. The van der Waals surface area contributed by atoms with Crippen molar-refractivity contribution >= 4 is 5.91 Å². The van der Waals surface area contributed by atoms with Gasteiger partial charge in [-0.3, -0.25) is 10.1 Å². The first kappa shape index (κ1) is 27.0. The lowest BCUT2D eigenvalue weighted by molar-refractivity contribution is -0.128. The van der Waals surface area contributed by atoms with Crippen molar-refractivity contribution in [2.24, 2.45) is 11.8 Å². The predicted molar refractivity (Wildman–Crippen MR) is 151 cm³/mol. The van der Waals surface area contributed by atoms with Gasteiger partial charge in [-0.1, -0.05) is 48.5 Å². The molecule has 0 aromatic heterocycles. The summed E-state index contributed by atoms with van der Waals surface area (Å²) in [5.74, 6) is 2.17. The van der Waals surface area contributed by atoms with Crippen molar-refractivity contribution in [1.29, 1.82) is 0 Å². The van der Waals surface area contributed by atoms with E-state index >= 15 is 0 Å². The van der Waals surface area contributed by atoms with Crippen LogP contribution in [0.2, 0.25) is 0 Å². The van der Waals surface area contributed by atoms with Gasteiger partial charge in [0.25, 0.3) is 0 Å². The van der Waals surface area contributed by atoms with Crippen molar-refractivity contribution in [3.8, 4) is 17.2 Å². The van der Waals surface area contributed by atoms with E-state index in [-0.39, 0.29) is 36.0 Å². The molecule has 0 radical (unpaired) electrons. The van der Waals surface area contributed by atoms with Crippen molar-refractivity contribution in [3.05, 3.63) is 89.5 Å². The van der Waals surface area contributed by atoms with Gasteiger partial charge in [-0.05, 0) is 60.7 Å². The van der Waals surface area contributed by atoms with Crippen LogP contribution in [0.25, 0.3) is 0 Å². The van der Waals surface area contributed by atoms with Gasteiger partial charge in [0.15, 0.2) is 11.5 Å². The van der Waals surface area contributed by atoms with E-state index in [1.54, 1.807) is 14.2 Å². The highest BCUT2D eigenvalue weighted by molar-refractivity contribution is 5.79. The summed E-state index contributed by atoms with van der Waals surface area (Å²) in [5, 5.41) is 6.99. The summed E-state index contributed by atoms with van der Waals surface area (Å²) in [6.07, 6.45) is 1.35. The lowest BCUT2D eigenvalue weighted by atomic mass is 9.74. The van der Waals surface area contributed by atoms with E-state index in [0.717, 1.165) is 16.9 Å². The Morgan fingerprint density at radius 3 is 2.41 bits per heavy atom. The van der Waals surface area contributed by atoms with Crippen LogP contribution in [0.1, 0.15) is 42.1 Å². The van der Waals surface area contributed by atoms with E-state index in [4.69, 9.17) is 14.2 Å². The molecule has 2 fully saturated rings. The summed E-state index contributed by atoms with van der Waals surface area (Å²) in [6.45, 7) is 3.15. The number of rotatable bonds is 10. The SMILES string of the molecule is CCOc1ccc(C2CC(C(=O)NCCc3ccc(OC)c(OC)c3)C3C(NNC3c3ccccc3)N2)cc1. The normalized spacial score (nSPS) is 24.0.